The average Bonchev–Trinajstić information content (AvgIpc) is 2.91. The molecule has 0 aromatic rings. The molecule has 0 spiro atoms. The molecule has 1 unspecified atom stereocenters. The third kappa shape index (κ3) is 25.4. The van der Waals surface area contributed by atoms with Crippen LogP contribution in [0.25, 0.3) is 0 Å². The van der Waals surface area contributed by atoms with Gasteiger partial charge < -0.3 is 15.4 Å². The number of ether oxygens (including phenoxy) is 1. The van der Waals surface area contributed by atoms with Crippen molar-refractivity contribution < 1.29 is 14.3 Å². The van der Waals surface area contributed by atoms with Crippen molar-refractivity contribution in [1.82, 2.24) is 4.90 Å². The fourth-order valence-corrected chi connectivity index (χ4v) is 3.10. The number of rotatable bonds is 17. The highest BCUT2D eigenvalue weighted by atomic mass is 16.5. The van der Waals surface area contributed by atoms with Gasteiger partial charge in [-0.2, -0.15) is 0 Å². The molecular weight excluding hydrogens is 472 g/mol. The first-order valence-electron chi connectivity index (χ1n) is 14.6. The van der Waals surface area contributed by atoms with Crippen LogP contribution in [0.2, 0.25) is 0 Å². The smallest absolute Gasteiger partial charge is 0.249 e. The SMILES string of the molecule is C=C/C=C(C(=O)COC(CCC)C/C(C=C)=C/CCC)\C(=C/C)C(N)=O.CC.CCC.CCCN(C)CC. The van der Waals surface area contributed by atoms with Crippen molar-refractivity contribution in [3.05, 3.63) is 60.3 Å². The van der Waals surface area contributed by atoms with Crippen LogP contribution in [0.15, 0.2) is 60.3 Å². The van der Waals surface area contributed by atoms with Gasteiger partial charge >= 0.3 is 0 Å². The summed E-state index contributed by atoms with van der Waals surface area (Å²) in [7, 11) is 2.14. The second-order valence-electron chi connectivity index (χ2n) is 8.61. The van der Waals surface area contributed by atoms with E-state index in [1.54, 1.807) is 6.92 Å². The van der Waals surface area contributed by atoms with E-state index < -0.39 is 5.91 Å². The summed E-state index contributed by atoms with van der Waals surface area (Å²) >= 11 is 0. The minimum atomic E-state index is -0.643. The summed E-state index contributed by atoms with van der Waals surface area (Å²) in [5.41, 5.74) is 6.90. The summed E-state index contributed by atoms with van der Waals surface area (Å²) in [5.74, 6) is -0.925. The monoisotopic (exact) mass is 534 g/mol. The van der Waals surface area contributed by atoms with Crippen LogP contribution in [0.3, 0.4) is 0 Å². The fourth-order valence-electron chi connectivity index (χ4n) is 3.10. The lowest BCUT2D eigenvalue weighted by Crippen LogP contribution is -2.24. The second kappa shape index (κ2) is 32.8. The number of primary amides is 1. The Balaban J connectivity index is -0.000000402. The van der Waals surface area contributed by atoms with E-state index in [4.69, 9.17) is 10.5 Å². The third-order valence-corrected chi connectivity index (χ3v) is 5.06. The molecule has 5 nitrogen and oxygen atoms in total. The van der Waals surface area contributed by atoms with E-state index in [-0.39, 0.29) is 29.6 Å². The summed E-state index contributed by atoms with van der Waals surface area (Å²) in [4.78, 5) is 26.4. The van der Waals surface area contributed by atoms with Crippen LogP contribution in [0, 0.1) is 0 Å². The number of ketones is 1. The number of nitrogens with zero attached hydrogens (tertiary/aromatic N) is 1. The van der Waals surface area contributed by atoms with Crippen molar-refractivity contribution in [2.75, 3.05) is 26.7 Å². The molecule has 0 fully saturated rings. The van der Waals surface area contributed by atoms with Gasteiger partial charge in [-0.25, -0.2) is 0 Å². The van der Waals surface area contributed by atoms with Gasteiger partial charge in [0.25, 0.3) is 0 Å². The molecule has 2 N–H and O–H groups in total. The Bertz CT molecular complexity index is 690. The zero-order chi connectivity index (χ0) is 30.4. The van der Waals surface area contributed by atoms with E-state index in [0.717, 1.165) is 37.7 Å². The van der Waals surface area contributed by atoms with Gasteiger partial charge in [-0.3, -0.25) is 9.59 Å². The van der Waals surface area contributed by atoms with Gasteiger partial charge in [0, 0.05) is 11.1 Å². The van der Waals surface area contributed by atoms with E-state index in [1.165, 1.54) is 44.2 Å². The zero-order valence-corrected chi connectivity index (χ0v) is 26.7. The number of allylic oxidation sites excluding steroid dienone is 5. The van der Waals surface area contributed by atoms with E-state index in [2.05, 4.69) is 72.7 Å². The maximum Gasteiger partial charge on any atom is 0.249 e. The maximum absolute atomic E-state index is 12.5. The molecule has 0 aliphatic rings. The Morgan fingerprint density at radius 2 is 1.55 bits per heavy atom. The van der Waals surface area contributed by atoms with Crippen molar-refractivity contribution in [1.29, 1.82) is 0 Å². The molecule has 0 aliphatic heterocycles. The lowest BCUT2D eigenvalue weighted by atomic mass is 10.00. The van der Waals surface area contributed by atoms with Gasteiger partial charge in [-0.05, 0) is 52.7 Å². The quantitative estimate of drug-likeness (QED) is 0.150. The summed E-state index contributed by atoms with van der Waals surface area (Å²) in [6.45, 7) is 28.3. The molecule has 0 saturated heterocycles. The second-order valence-corrected chi connectivity index (χ2v) is 8.61. The number of carbonyl (C=O) groups excluding carboxylic acids is 2. The standard InChI is InChI=1S/C22H33NO3.C6H15N.C3H8.C2H6/c1-6-11-14-17(9-4)15-18(12-7-2)26-16-21(24)20(13-8-3)19(10-5)22(23)25;1-4-6-7(3)5-2;1-3-2;1-2/h8-10,13-14,18H,3-4,6-7,11-12,15-16H2,1-2,5H3,(H2,23,25);4-6H2,1-3H3;3H2,1-2H3;1-2H3/b17-14+,19-10+,20-13+;;;. The van der Waals surface area contributed by atoms with Crippen LogP contribution in [0.1, 0.15) is 107 Å². The molecule has 0 rings (SSSR count). The van der Waals surface area contributed by atoms with E-state index >= 15 is 0 Å². The number of carbonyl (C=O) groups is 2. The van der Waals surface area contributed by atoms with Crippen LogP contribution >= 0.6 is 0 Å². The summed E-state index contributed by atoms with van der Waals surface area (Å²) in [6, 6.07) is 0. The molecule has 0 aromatic heterocycles. The fraction of sp³-hybridized carbons (Fsp3) is 0.636. The first-order chi connectivity index (χ1) is 18.2. The molecule has 38 heavy (non-hydrogen) atoms. The normalized spacial score (nSPS) is 12.1. The lowest BCUT2D eigenvalue weighted by molar-refractivity contribution is -0.122. The van der Waals surface area contributed by atoms with Crippen molar-refractivity contribution >= 4 is 11.7 Å². The number of amides is 1. The minimum Gasteiger partial charge on any atom is -0.370 e. The molecule has 222 valence electrons. The molecule has 0 heterocycles. The van der Waals surface area contributed by atoms with Crippen LogP contribution in [0.4, 0.5) is 0 Å². The van der Waals surface area contributed by atoms with Crippen LogP contribution in [-0.4, -0.2) is 49.4 Å². The number of nitrogens with two attached hydrogens (primary N) is 1. The Kier molecular flexibility index (Phi) is 37.0. The molecule has 1 atom stereocenters. The van der Waals surface area contributed by atoms with Gasteiger partial charge in [0.05, 0.1) is 6.10 Å². The third-order valence-electron chi connectivity index (χ3n) is 5.06. The highest BCUT2D eigenvalue weighted by Gasteiger charge is 2.19. The van der Waals surface area contributed by atoms with Crippen LogP contribution in [0.5, 0.6) is 0 Å². The molecule has 0 bridgehead atoms. The van der Waals surface area contributed by atoms with Crippen molar-refractivity contribution in [3.8, 4) is 0 Å². The van der Waals surface area contributed by atoms with Crippen molar-refractivity contribution in [2.45, 2.75) is 113 Å². The number of hydrogen-bond donors (Lipinski definition) is 1. The molecule has 0 saturated carbocycles. The van der Waals surface area contributed by atoms with Crippen LogP contribution in [-0.2, 0) is 14.3 Å². The van der Waals surface area contributed by atoms with Crippen molar-refractivity contribution in [2.24, 2.45) is 5.73 Å². The molecule has 1 amide bonds. The highest BCUT2D eigenvalue weighted by Crippen LogP contribution is 2.18. The van der Waals surface area contributed by atoms with E-state index in [0.29, 0.717) is 0 Å². The van der Waals surface area contributed by atoms with Gasteiger partial charge in [0.15, 0.2) is 5.78 Å². The number of unbranched alkanes of at least 4 members (excludes halogenated alkanes) is 1. The molecular formula is C33H62N2O3. The lowest BCUT2D eigenvalue weighted by Gasteiger charge is -2.18. The Morgan fingerprint density at radius 3 is 1.89 bits per heavy atom. The molecule has 5 heteroatoms. The molecule has 0 aromatic carbocycles. The van der Waals surface area contributed by atoms with Crippen molar-refractivity contribution in [3.63, 3.8) is 0 Å². The largest absolute Gasteiger partial charge is 0.370 e. The van der Waals surface area contributed by atoms with Gasteiger partial charge in [0.2, 0.25) is 5.91 Å². The highest BCUT2D eigenvalue weighted by molar-refractivity contribution is 6.11. The topological polar surface area (TPSA) is 72.6 Å². The minimum absolute atomic E-state index is 0.0716. The summed E-state index contributed by atoms with van der Waals surface area (Å²) in [5, 5.41) is 0. The number of hydrogen-bond acceptors (Lipinski definition) is 4. The first-order valence-corrected chi connectivity index (χ1v) is 14.6. The first kappa shape index (κ1) is 42.8. The Morgan fingerprint density at radius 1 is 0.974 bits per heavy atom. The molecule has 0 aliphatic carbocycles. The van der Waals surface area contributed by atoms with E-state index in [9.17, 15) is 9.59 Å². The average molecular weight is 535 g/mol. The maximum atomic E-state index is 12.5. The zero-order valence-electron chi connectivity index (χ0n) is 26.7. The summed E-state index contributed by atoms with van der Waals surface area (Å²) < 4.78 is 5.87. The predicted molar refractivity (Wildman–Crippen MR) is 169 cm³/mol. The van der Waals surface area contributed by atoms with Gasteiger partial charge in [0.1, 0.15) is 6.61 Å². The Hall–Kier alpha value is -2.24. The van der Waals surface area contributed by atoms with Gasteiger partial charge in [-0.1, -0.05) is 124 Å². The summed E-state index contributed by atoms with van der Waals surface area (Å²) in [6.07, 6.45) is 15.5. The number of Topliss-reactive ketones (excluding diaryl/α,β-unsaturated/α-hetero) is 1. The molecule has 0 radical (unpaired) electrons. The predicted octanol–water partition coefficient (Wildman–Crippen LogP) is 8.38. The van der Waals surface area contributed by atoms with Crippen LogP contribution < -0.4 is 5.73 Å². The Labute approximate surface area is 237 Å². The van der Waals surface area contributed by atoms with E-state index in [1.807, 2.05) is 19.9 Å². The van der Waals surface area contributed by atoms with Gasteiger partial charge in [-0.15, -0.1) is 0 Å².